The van der Waals surface area contributed by atoms with Crippen molar-refractivity contribution < 1.29 is 0 Å². The van der Waals surface area contributed by atoms with Crippen LogP contribution in [0.2, 0.25) is 0 Å². The first-order valence-corrected chi connectivity index (χ1v) is 8.61. The van der Waals surface area contributed by atoms with Crippen molar-refractivity contribution in [3.63, 3.8) is 0 Å². The van der Waals surface area contributed by atoms with Crippen LogP contribution in [0.1, 0.15) is 23.1 Å². The molecule has 4 nitrogen and oxygen atoms in total. The zero-order valence-electron chi connectivity index (χ0n) is 14.8. The van der Waals surface area contributed by atoms with Gasteiger partial charge in [0.25, 0.3) is 0 Å². The normalized spacial score (nSPS) is 10.6. The third kappa shape index (κ3) is 4.80. The fraction of sp³-hybridized carbons (Fsp3) is 0.238. The molecular weight excluding hydrogens is 308 g/mol. The summed E-state index contributed by atoms with van der Waals surface area (Å²) in [6, 6.07) is 18.8. The SMILES string of the molecule is Cc1cc(C)cc(-c2cc(NCCCc3ccccc3)nc(N)n2)c1. The van der Waals surface area contributed by atoms with Crippen molar-refractivity contribution in [1.29, 1.82) is 0 Å². The molecule has 25 heavy (non-hydrogen) atoms. The van der Waals surface area contributed by atoms with Crippen molar-refractivity contribution in [3.05, 3.63) is 71.3 Å². The summed E-state index contributed by atoms with van der Waals surface area (Å²) in [6.45, 7) is 5.02. The van der Waals surface area contributed by atoms with Gasteiger partial charge in [0, 0.05) is 18.2 Å². The Morgan fingerprint density at radius 1 is 0.920 bits per heavy atom. The maximum Gasteiger partial charge on any atom is 0.222 e. The number of aryl methyl sites for hydroxylation is 3. The number of nitrogens with one attached hydrogen (secondary N) is 1. The molecule has 3 aromatic rings. The molecule has 0 aliphatic rings. The second kappa shape index (κ2) is 7.79. The Morgan fingerprint density at radius 3 is 2.36 bits per heavy atom. The van der Waals surface area contributed by atoms with Crippen molar-refractivity contribution in [2.45, 2.75) is 26.7 Å². The predicted molar refractivity (Wildman–Crippen MR) is 105 cm³/mol. The lowest BCUT2D eigenvalue weighted by Crippen LogP contribution is -2.07. The average Bonchev–Trinajstić information content (AvgIpc) is 2.58. The van der Waals surface area contributed by atoms with Crippen molar-refractivity contribution in [2.75, 3.05) is 17.6 Å². The molecule has 0 unspecified atom stereocenters. The van der Waals surface area contributed by atoms with E-state index < -0.39 is 0 Å². The van der Waals surface area contributed by atoms with E-state index in [9.17, 15) is 0 Å². The van der Waals surface area contributed by atoms with Gasteiger partial charge in [0.1, 0.15) is 5.82 Å². The Hall–Kier alpha value is -2.88. The van der Waals surface area contributed by atoms with E-state index in [0.717, 1.165) is 36.5 Å². The van der Waals surface area contributed by atoms with Crippen molar-refractivity contribution >= 4 is 11.8 Å². The number of hydrogen-bond donors (Lipinski definition) is 2. The van der Waals surface area contributed by atoms with Crippen LogP contribution in [0.25, 0.3) is 11.3 Å². The lowest BCUT2D eigenvalue weighted by atomic mass is 10.0. The van der Waals surface area contributed by atoms with Crippen molar-refractivity contribution in [1.82, 2.24) is 9.97 Å². The van der Waals surface area contributed by atoms with Crippen molar-refractivity contribution in [3.8, 4) is 11.3 Å². The summed E-state index contributed by atoms with van der Waals surface area (Å²) in [4.78, 5) is 8.69. The number of rotatable bonds is 6. The zero-order valence-corrected chi connectivity index (χ0v) is 14.8. The summed E-state index contributed by atoms with van der Waals surface area (Å²) in [7, 11) is 0. The lowest BCUT2D eigenvalue weighted by molar-refractivity contribution is 0.858. The lowest BCUT2D eigenvalue weighted by Gasteiger charge is -2.10. The van der Waals surface area contributed by atoms with Crippen LogP contribution in [0.3, 0.4) is 0 Å². The van der Waals surface area contributed by atoms with E-state index in [1.54, 1.807) is 0 Å². The highest BCUT2D eigenvalue weighted by atomic mass is 15.1. The first kappa shape index (κ1) is 17.0. The molecule has 2 aromatic carbocycles. The number of nitrogens with zero attached hydrogens (tertiary/aromatic N) is 2. The van der Waals surface area contributed by atoms with E-state index in [0.29, 0.717) is 5.95 Å². The average molecular weight is 332 g/mol. The van der Waals surface area contributed by atoms with E-state index in [1.165, 1.54) is 16.7 Å². The molecule has 3 N–H and O–H groups in total. The first-order chi connectivity index (χ1) is 12.1. The quantitative estimate of drug-likeness (QED) is 0.657. The molecule has 128 valence electrons. The number of nitrogens with two attached hydrogens (primary N) is 1. The van der Waals surface area contributed by atoms with Crippen LogP contribution in [0, 0.1) is 13.8 Å². The van der Waals surface area contributed by atoms with E-state index >= 15 is 0 Å². The smallest absolute Gasteiger partial charge is 0.222 e. The largest absolute Gasteiger partial charge is 0.370 e. The minimum atomic E-state index is 0.294. The molecule has 0 amide bonds. The fourth-order valence-electron chi connectivity index (χ4n) is 2.98. The van der Waals surface area contributed by atoms with Crippen LogP contribution in [0.15, 0.2) is 54.6 Å². The standard InChI is InChI=1S/C21H24N4/c1-15-11-16(2)13-18(12-15)19-14-20(25-21(22)24-19)23-10-6-9-17-7-4-3-5-8-17/h3-5,7-8,11-14H,6,9-10H2,1-2H3,(H3,22,23,24,25). The van der Waals surface area contributed by atoms with Gasteiger partial charge in [-0.25, -0.2) is 4.98 Å². The number of aromatic nitrogens is 2. The molecule has 1 heterocycles. The van der Waals surface area contributed by atoms with Gasteiger partial charge in [-0.05, 0) is 44.4 Å². The molecule has 0 radical (unpaired) electrons. The monoisotopic (exact) mass is 332 g/mol. The maximum absolute atomic E-state index is 5.91. The van der Waals surface area contributed by atoms with Crippen LogP contribution in [-0.4, -0.2) is 16.5 Å². The minimum Gasteiger partial charge on any atom is -0.370 e. The zero-order chi connectivity index (χ0) is 17.6. The Bertz CT molecular complexity index is 824. The topological polar surface area (TPSA) is 63.8 Å². The summed E-state index contributed by atoms with van der Waals surface area (Å²) in [5.41, 5.74) is 11.6. The van der Waals surface area contributed by atoms with Crippen LogP contribution >= 0.6 is 0 Å². The molecule has 0 spiro atoms. The van der Waals surface area contributed by atoms with Gasteiger partial charge in [0.05, 0.1) is 5.69 Å². The van der Waals surface area contributed by atoms with Gasteiger partial charge in [-0.2, -0.15) is 4.98 Å². The summed E-state index contributed by atoms with van der Waals surface area (Å²) in [5.74, 6) is 1.07. The van der Waals surface area contributed by atoms with Gasteiger partial charge in [-0.1, -0.05) is 47.5 Å². The van der Waals surface area contributed by atoms with Gasteiger partial charge in [-0.3, -0.25) is 0 Å². The number of nitrogen functional groups attached to an aromatic ring is 1. The molecule has 0 fully saturated rings. The Labute approximate surface area is 149 Å². The predicted octanol–water partition coefficient (Wildman–Crippen LogP) is 4.39. The third-order valence-corrected chi connectivity index (χ3v) is 4.05. The molecule has 3 rings (SSSR count). The van der Waals surface area contributed by atoms with Gasteiger partial charge >= 0.3 is 0 Å². The number of anilines is 2. The maximum atomic E-state index is 5.91. The second-order valence-electron chi connectivity index (χ2n) is 6.39. The van der Waals surface area contributed by atoms with Crippen LogP contribution in [0.4, 0.5) is 11.8 Å². The highest BCUT2D eigenvalue weighted by Gasteiger charge is 2.06. The van der Waals surface area contributed by atoms with Gasteiger partial charge in [0.15, 0.2) is 0 Å². The molecule has 0 atom stereocenters. The molecule has 0 aliphatic heterocycles. The molecular formula is C21H24N4. The van der Waals surface area contributed by atoms with E-state index in [4.69, 9.17) is 5.73 Å². The van der Waals surface area contributed by atoms with E-state index in [-0.39, 0.29) is 0 Å². The van der Waals surface area contributed by atoms with Crippen LogP contribution in [0.5, 0.6) is 0 Å². The fourth-order valence-corrected chi connectivity index (χ4v) is 2.98. The molecule has 0 aliphatic carbocycles. The number of hydrogen-bond acceptors (Lipinski definition) is 4. The Kier molecular flexibility index (Phi) is 5.29. The summed E-state index contributed by atoms with van der Waals surface area (Å²) < 4.78 is 0. The molecule has 0 saturated heterocycles. The molecule has 4 heteroatoms. The van der Waals surface area contributed by atoms with Crippen molar-refractivity contribution in [2.24, 2.45) is 0 Å². The molecule has 0 saturated carbocycles. The summed E-state index contributed by atoms with van der Waals surface area (Å²) >= 11 is 0. The van der Waals surface area contributed by atoms with Gasteiger partial charge in [-0.15, -0.1) is 0 Å². The highest BCUT2D eigenvalue weighted by Crippen LogP contribution is 2.23. The Balaban J connectivity index is 1.67. The summed E-state index contributed by atoms with van der Waals surface area (Å²) in [6.07, 6.45) is 2.07. The summed E-state index contributed by atoms with van der Waals surface area (Å²) in [5, 5.41) is 3.36. The third-order valence-electron chi connectivity index (χ3n) is 4.05. The van der Waals surface area contributed by atoms with Crippen LogP contribution < -0.4 is 11.1 Å². The van der Waals surface area contributed by atoms with Gasteiger partial charge < -0.3 is 11.1 Å². The highest BCUT2D eigenvalue weighted by molar-refractivity contribution is 5.65. The first-order valence-electron chi connectivity index (χ1n) is 8.61. The van der Waals surface area contributed by atoms with E-state index in [2.05, 4.69) is 71.6 Å². The van der Waals surface area contributed by atoms with Gasteiger partial charge in [0.2, 0.25) is 5.95 Å². The number of benzene rings is 2. The molecule has 1 aromatic heterocycles. The Morgan fingerprint density at radius 2 is 1.64 bits per heavy atom. The minimum absolute atomic E-state index is 0.294. The molecule has 0 bridgehead atoms. The second-order valence-corrected chi connectivity index (χ2v) is 6.39. The van der Waals surface area contributed by atoms with E-state index in [1.807, 2.05) is 12.1 Å². The van der Waals surface area contributed by atoms with Crippen LogP contribution in [-0.2, 0) is 6.42 Å².